The third kappa shape index (κ3) is 1.88. The van der Waals surface area contributed by atoms with Crippen LogP contribution in [0.15, 0.2) is 24.3 Å². The van der Waals surface area contributed by atoms with Crippen LogP contribution in [0.5, 0.6) is 0 Å². The molecule has 0 saturated carbocycles. The van der Waals surface area contributed by atoms with E-state index in [-0.39, 0.29) is 11.1 Å². The molecular weight excluding hydrogens is 293 g/mol. The molecule has 20 heavy (non-hydrogen) atoms. The Morgan fingerprint density at radius 2 is 1.25 bits per heavy atom. The Hall–Kier alpha value is -1.31. The second kappa shape index (κ2) is 4.09. The first-order chi connectivity index (χ1) is 8.92. The lowest BCUT2D eigenvalue weighted by Crippen LogP contribution is -2.64. The summed E-state index contributed by atoms with van der Waals surface area (Å²) in [4.78, 5) is 0. The molecule has 0 saturated heterocycles. The fourth-order valence-corrected chi connectivity index (χ4v) is 2.29. The lowest BCUT2D eigenvalue weighted by Gasteiger charge is -2.37. The van der Waals surface area contributed by atoms with Gasteiger partial charge in [0.05, 0.1) is 0 Å². The van der Waals surface area contributed by atoms with Crippen molar-refractivity contribution in [1.29, 1.82) is 0 Å². The molecule has 1 aromatic rings. The van der Waals surface area contributed by atoms with E-state index >= 15 is 0 Å². The predicted molar refractivity (Wildman–Crippen MR) is 54.7 cm³/mol. The van der Waals surface area contributed by atoms with Gasteiger partial charge in [0, 0.05) is 12.8 Å². The maximum Gasteiger partial charge on any atom is 0.459 e. The summed E-state index contributed by atoms with van der Waals surface area (Å²) in [6.07, 6.45) is -8.36. The zero-order valence-electron chi connectivity index (χ0n) is 9.82. The maximum atomic E-state index is 13.6. The van der Waals surface area contributed by atoms with Crippen molar-refractivity contribution in [3.05, 3.63) is 35.4 Å². The Morgan fingerprint density at radius 1 is 0.850 bits per heavy atom. The molecular formula is C12H9F7O. The quantitative estimate of drug-likeness (QED) is 0.831. The molecule has 2 rings (SSSR count). The van der Waals surface area contributed by atoms with Gasteiger partial charge in [-0.05, 0) is 11.1 Å². The molecule has 1 aliphatic rings. The molecule has 1 aliphatic carbocycles. The second-order valence-electron chi connectivity index (χ2n) is 4.80. The van der Waals surface area contributed by atoms with Crippen LogP contribution >= 0.6 is 0 Å². The van der Waals surface area contributed by atoms with Crippen LogP contribution in [0.3, 0.4) is 0 Å². The van der Waals surface area contributed by atoms with Crippen LogP contribution in [0.25, 0.3) is 0 Å². The summed E-state index contributed by atoms with van der Waals surface area (Å²) < 4.78 is 89.7. The highest BCUT2D eigenvalue weighted by Crippen LogP contribution is 2.54. The van der Waals surface area contributed by atoms with Crippen molar-refractivity contribution in [2.75, 3.05) is 0 Å². The van der Waals surface area contributed by atoms with Gasteiger partial charge in [-0.1, -0.05) is 24.3 Å². The van der Waals surface area contributed by atoms with E-state index in [2.05, 4.69) is 0 Å². The van der Waals surface area contributed by atoms with Crippen LogP contribution in [-0.2, 0) is 12.8 Å². The number of fused-ring (bicyclic) bond motifs is 1. The molecule has 0 radical (unpaired) electrons. The summed E-state index contributed by atoms with van der Waals surface area (Å²) >= 11 is 0. The lowest BCUT2D eigenvalue weighted by molar-refractivity contribution is -0.386. The van der Waals surface area contributed by atoms with Crippen molar-refractivity contribution in [1.82, 2.24) is 0 Å². The van der Waals surface area contributed by atoms with E-state index in [1.165, 1.54) is 24.3 Å². The third-order valence-electron chi connectivity index (χ3n) is 3.42. The fraction of sp³-hybridized carbons (Fsp3) is 0.500. The molecule has 0 aromatic heterocycles. The van der Waals surface area contributed by atoms with Gasteiger partial charge in [-0.2, -0.15) is 30.7 Å². The summed E-state index contributed by atoms with van der Waals surface area (Å²) in [5.74, 6) is -11.9. The molecule has 0 unspecified atom stereocenters. The highest BCUT2D eigenvalue weighted by Gasteiger charge is 2.79. The van der Waals surface area contributed by atoms with Crippen LogP contribution < -0.4 is 0 Å². The van der Waals surface area contributed by atoms with Crippen LogP contribution in [0.1, 0.15) is 11.1 Å². The molecule has 0 atom stereocenters. The fourth-order valence-electron chi connectivity index (χ4n) is 2.29. The molecule has 0 spiro atoms. The van der Waals surface area contributed by atoms with E-state index in [0.717, 1.165) is 0 Å². The van der Waals surface area contributed by atoms with Crippen molar-refractivity contribution in [2.24, 2.45) is 0 Å². The van der Waals surface area contributed by atoms with E-state index in [1.54, 1.807) is 0 Å². The molecule has 0 amide bonds. The van der Waals surface area contributed by atoms with Gasteiger partial charge >= 0.3 is 18.0 Å². The van der Waals surface area contributed by atoms with Gasteiger partial charge in [0.1, 0.15) is 5.60 Å². The van der Waals surface area contributed by atoms with Crippen molar-refractivity contribution in [2.45, 2.75) is 36.5 Å². The summed E-state index contributed by atoms with van der Waals surface area (Å²) in [7, 11) is 0. The minimum atomic E-state index is -6.44. The van der Waals surface area contributed by atoms with E-state index in [1.807, 2.05) is 0 Å². The topological polar surface area (TPSA) is 20.2 Å². The maximum absolute atomic E-state index is 13.6. The molecule has 112 valence electrons. The van der Waals surface area contributed by atoms with Crippen molar-refractivity contribution >= 4 is 0 Å². The van der Waals surface area contributed by atoms with Crippen LogP contribution in [0, 0.1) is 0 Å². The summed E-state index contributed by atoms with van der Waals surface area (Å²) in [6, 6.07) is 5.44. The number of alkyl halides is 7. The molecule has 0 fully saturated rings. The summed E-state index contributed by atoms with van der Waals surface area (Å²) in [6.45, 7) is 0. The minimum absolute atomic E-state index is 0.132. The average Bonchev–Trinajstić information content (AvgIpc) is 2.65. The van der Waals surface area contributed by atoms with Crippen LogP contribution in [-0.4, -0.2) is 28.7 Å². The van der Waals surface area contributed by atoms with Crippen LogP contribution in [0.2, 0.25) is 0 Å². The van der Waals surface area contributed by atoms with Crippen molar-refractivity contribution in [3.8, 4) is 0 Å². The molecule has 1 nitrogen and oxygen atoms in total. The minimum Gasteiger partial charge on any atom is -0.383 e. The Kier molecular flexibility index (Phi) is 3.09. The highest BCUT2D eigenvalue weighted by molar-refractivity contribution is 5.37. The van der Waals surface area contributed by atoms with E-state index < -0.39 is 36.5 Å². The largest absolute Gasteiger partial charge is 0.459 e. The highest BCUT2D eigenvalue weighted by atomic mass is 19.4. The third-order valence-corrected chi connectivity index (χ3v) is 3.42. The normalized spacial score (nSPS) is 19.0. The number of benzene rings is 1. The Balaban J connectivity index is 2.42. The first kappa shape index (κ1) is 15.1. The summed E-state index contributed by atoms with van der Waals surface area (Å²) in [5.41, 5.74) is -3.20. The van der Waals surface area contributed by atoms with E-state index in [9.17, 15) is 35.8 Å². The van der Waals surface area contributed by atoms with E-state index in [0.29, 0.717) is 0 Å². The zero-order chi connectivity index (χ0) is 15.4. The van der Waals surface area contributed by atoms with Gasteiger partial charge in [-0.3, -0.25) is 0 Å². The van der Waals surface area contributed by atoms with Crippen molar-refractivity contribution in [3.63, 3.8) is 0 Å². The molecule has 0 heterocycles. The number of hydrogen-bond donors (Lipinski definition) is 1. The summed E-state index contributed by atoms with van der Waals surface area (Å²) in [5, 5.41) is 9.71. The Labute approximate surface area is 109 Å². The predicted octanol–water partition coefficient (Wildman–Crippen LogP) is 3.35. The lowest BCUT2D eigenvalue weighted by atomic mass is 9.87. The monoisotopic (exact) mass is 302 g/mol. The number of hydrogen-bond acceptors (Lipinski definition) is 1. The second-order valence-corrected chi connectivity index (χ2v) is 4.80. The molecule has 1 N–H and O–H groups in total. The van der Waals surface area contributed by atoms with Gasteiger partial charge in [0.2, 0.25) is 0 Å². The molecule has 1 aromatic carbocycles. The SMILES string of the molecule is OC1(C(F)(F)C(F)(F)C(F)(F)F)Cc2ccccc2C1. The van der Waals surface area contributed by atoms with Crippen molar-refractivity contribution < 1.29 is 35.8 Å². The van der Waals surface area contributed by atoms with Gasteiger partial charge in [0.25, 0.3) is 0 Å². The standard InChI is InChI=1S/C12H9F7O/c13-10(14,11(15,16)12(17,18)19)9(20)5-7-3-1-2-4-8(7)6-9/h1-4,20H,5-6H2. The van der Waals surface area contributed by atoms with Gasteiger partial charge in [-0.15, -0.1) is 0 Å². The first-order valence-electron chi connectivity index (χ1n) is 5.54. The molecule has 0 aliphatic heterocycles. The van der Waals surface area contributed by atoms with E-state index in [4.69, 9.17) is 0 Å². The Bertz CT molecular complexity index is 496. The van der Waals surface area contributed by atoms with Gasteiger partial charge in [0.15, 0.2) is 0 Å². The number of aliphatic hydroxyl groups is 1. The average molecular weight is 302 g/mol. The zero-order valence-corrected chi connectivity index (χ0v) is 9.82. The first-order valence-corrected chi connectivity index (χ1v) is 5.54. The number of rotatable bonds is 2. The molecule has 0 bridgehead atoms. The van der Waals surface area contributed by atoms with Gasteiger partial charge < -0.3 is 5.11 Å². The molecule has 8 heteroatoms. The number of halogens is 7. The smallest absolute Gasteiger partial charge is 0.383 e. The Morgan fingerprint density at radius 3 is 1.60 bits per heavy atom. The van der Waals surface area contributed by atoms with Crippen LogP contribution in [0.4, 0.5) is 30.7 Å². The van der Waals surface area contributed by atoms with Gasteiger partial charge in [-0.25, -0.2) is 0 Å².